The Bertz CT molecular complexity index is 433. The largest absolute Gasteiger partial charge is 0.341 e. The Morgan fingerprint density at radius 3 is 2.30 bits per heavy atom. The van der Waals surface area contributed by atoms with E-state index in [0.717, 1.165) is 26.1 Å². The van der Waals surface area contributed by atoms with Crippen molar-refractivity contribution in [2.45, 2.75) is 43.8 Å². The molecular weight excluding hydrogens is 300 g/mol. The molecule has 0 radical (unpaired) electrons. The molecule has 2 heterocycles. The van der Waals surface area contributed by atoms with E-state index in [0.29, 0.717) is 6.54 Å². The summed E-state index contributed by atoms with van der Waals surface area (Å²) in [7, 11) is 1.71. The summed E-state index contributed by atoms with van der Waals surface area (Å²) in [4.78, 5) is 15.8. The zero-order valence-corrected chi connectivity index (χ0v) is 13.3. The number of hydrogen-bond acceptors (Lipinski definition) is 4. The van der Waals surface area contributed by atoms with Crippen LogP contribution in [0, 0.1) is 0 Å². The highest BCUT2D eigenvalue weighted by Gasteiger charge is 2.36. The van der Waals surface area contributed by atoms with Crippen molar-refractivity contribution in [3.05, 3.63) is 0 Å². The molecule has 0 bridgehead atoms. The van der Waals surface area contributed by atoms with Gasteiger partial charge < -0.3 is 9.80 Å². The van der Waals surface area contributed by atoms with Crippen molar-refractivity contribution >= 4 is 25.6 Å². The average molecular weight is 323 g/mol. The van der Waals surface area contributed by atoms with E-state index in [4.69, 9.17) is 10.7 Å². The van der Waals surface area contributed by atoms with E-state index in [-0.39, 0.29) is 18.9 Å². The molecule has 116 valence electrons. The minimum Gasteiger partial charge on any atom is -0.341 e. The Balaban J connectivity index is 1.73. The first-order chi connectivity index (χ1) is 9.47. The molecule has 0 aromatic carbocycles. The van der Waals surface area contributed by atoms with E-state index in [1.165, 1.54) is 25.7 Å². The molecule has 0 aromatic heterocycles. The van der Waals surface area contributed by atoms with E-state index < -0.39 is 14.3 Å². The number of nitrogens with zero attached hydrogens (tertiary/aromatic N) is 2. The number of amides is 1. The summed E-state index contributed by atoms with van der Waals surface area (Å²) in [6, 6.07) is 0. The number of rotatable bonds is 5. The number of likely N-dealkylation sites (tertiary alicyclic amines) is 2. The van der Waals surface area contributed by atoms with Gasteiger partial charge in [0, 0.05) is 30.2 Å². The van der Waals surface area contributed by atoms with E-state index in [1.807, 2.05) is 0 Å². The minimum atomic E-state index is -3.62. The van der Waals surface area contributed by atoms with Crippen molar-refractivity contribution in [1.82, 2.24) is 9.80 Å². The molecule has 0 aliphatic carbocycles. The Kier molecular flexibility index (Phi) is 5.69. The van der Waals surface area contributed by atoms with Crippen molar-refractivity contribution in [1.29, 1.82) is 0 Å². The molecule has 0 aromatic rings. The summed E-state index contributed by atoms with van der Waals surface area (Å²) in [5.41, 5.74) is 0. The third-order valence-corrected chi connectivity index (χ3v) is 6.05. The van der Waals surface area contributed by atoms with Crippen LogP contribution in [0.3, 0.4) is 0 Å². The molecule has 2 rings (SSSR count). The first-order valence-electron chi connectivity index (χ1n) is 7.40. The van der Waals surface area contributed by atoms with Crippen LogP contribution in [0.15, 0.2) is 0 Å². The molecule has 2 saturated heterocycles. The van der Waals surface area contributed by atoms with Gasteiger partial charge in [0.25, 0.3) is 0 Å². The van der Waals surface area contributed by atoms with Gasteiger partial charge in [0.1, 0.15) is 5.25 Å². The number of hydrogen-bond donors (Lipinski definition) is 0. The Labute approximate surface area is 125 Å². The van der Waals surface area contributed by atoms with Crippen molar-refractivity contribution in [2.24, 2.45) is 0 Å². The second-order valence-electron chi connectivity index (χ2n) is 5.75. The van der Waals surface area contributed by atoms with Gasteiger partial charge in [-0.15, -0.1) is 0 Å². The van der Waals surface area contributed by atoms with E-state index in [1.54, 1.807) is 4.90 Å². The van der Waals surface area contributed by atoms with Crippen LogP contribution < -0.4 is 0 Å². The second kappa shape index (κ2) is 7.09. The predicted octanol–water partition coefficient (Wildman–Crippen LogP) is 1.42. The lowest BCUT2D eigenvalue weighted by atomic mass is 10.2. The summed E-state index contributed by atoms with van der Waals surface area (Å²) in [6.45, 7) is 4.17. The van der Waals surface area contributed by atoms with E-state index in [9.17, 15) is 13.2 Å². The average Bonchev–Trinajstić information content (AvgIpc) is 2.60. The maximum absolute atomic E-state index is 11.8. The van der Waals surface area contributed by atoms with Gasteiger partial charge in [-0.2, -0.15) is 0 Å². The second-order valence-corrected chi connectivity index (χ2v) is 8.66. The normalized spacial score (nSPS) is 25.9. The topological polar surface area (TPSA) is 57.7 Å². The third kappa shape index (κ3) is 4.60. The first-order valence-corrected chi connectivity index (χ1v) is 9.77. The highest BCUT2D eigenvalue weighted by molar-refractivity contribution is 8.14. The molecule has 2 aliphatic heterocycles. The van der Waals surface area contributed by atoms with Crippen molar-refractivity contribution in [3.8, 4) is 0 Å². The molecule has 5 nitrogen and oxygen atoms in total. The zero-order chi connectivity index (χ0) is 14.6. The maximum atomic E-state index is 11.8. The SMILES string of the molecule is O=C1CC(S(=O)(=O)Cl)CN1CCCN1CCCCCC1. The zero-order valence-electron chi connectivity index (χ0n) is 11.8. The van der Waals surface area contributed by atoms with Gasteiger partial charge in [-0.05, 0) is 38.9 Å². The summed E-state index contributed by atoms with van der Waals surface area (Å²) in [5.74, 6) is -0.0879. The highest BCUT2D eigenvalue weighted by Crippen LogP contribution is 2.21. The molecule has 0 N–H and O–H groups in total. The van der Waals surface area contributed by atoms with Crippen LogP contribution in [0.1, 0.15) is 38.5 Å². The fourth-order valence-electron chi connectivity index (χ4n) is 2.99. The van der Waals surface area contributed by atoms with Crippen LogP contribution in [-0.4, -0.2) is 62.1 Å². The lowest BCUT2D eigenvalue weighted by molar-refractivity contribution is -0.127. The Morgan fingerprint density at radius 1 is 1.10 bits per heavy atom. The summed E-state index contributed by atoms with van der Waals surface area (Å²) < 4.78 is 22.5. The van der Waals surface area contributed by atoms with Crippen molar-refractivity contribution in [2.75, 3.05) is 32.7 Å². The predicted molar refractivity (Wildman–Crippen MR) is 79.3 cm³/mol. The Morgan fingerprint density at radius 2 is 1.75 bits per heavy atom. The van der Waals surface area contributed by atoms with Crippen molar-refractivity contribution < 1.29 is 13.2 Å². The van der Waals surface area contributed by atoms with Crippen LogP contribution in [0.5, 0.6) is 0 Å². The van der Waals surface area contributed by atoms with Gasteiger partial charge in [0.2, 0.25) is 15.0 Å². The molecule has 1 amide bonds. The van der Waals surface area contributed by atoms with Gasteiger partial charge in [-0.1, -0.05) is 12.8 Å². The summed E-state index contributed by atoms with van der Waals surface area (Å²) in [5, 5.41) is -0.727. The molecule has 1 atom stereocenters. The van der Waals surface area contributed by atoms with E-state index in [2.05, 4.69) is 4.90 Å². The van der Waals surface area contributed by atoms with Crippen LogP contribution >= 0.6 is 10.7 Å². The third-order valence-electron chi connectivity index (χ3n) is 4.18. The van der Waals surface area contributed by atoms with Gasteiger partial charge in [-0.3, -0.25) is 4.79 Å². The van der Waals surface area contributed by atoms with Gasteiger partial charge >= 0.3 is 0 Å². The van der Waals surface area contributed by atoms with Crippen LogP contribution in [0.2, 0.25) is 0 Å². The van der Waals surface area contributed by atoms with Gasteiger partial charge in [-0.25, -0.2) is 8.42 Å². The summed E-state index contributed by atoms with van der Waals surface area (Å²) in [6.07, 6.45) is 6.09. The molecule has 7 heteroatoms. The molecule has 20 heavy (non-hydrogen) atoms. The van der Waals surface area contributed by atoms with Crippen LogP contribution in [-0.2, 0) is 13.8 Å². The molecule has 0 spiro atoms. The van der Waals surface area contributed by atoms with Gasteiger partial charge in [0.05, 0.1) is 0 Å². The lowest BCUT2D eigenvalue weighted by Crippen LogP contribution is -2.32. The maximum Gasteiger partial charge on any atom is 0.237 e. The lowest BCUT2D eigenvalue weighted by Gasteiger charge is -2.22. The van der Waals surface area contributed by atoms with Crippen LogP contribution in [0.4, 0.5) is 0 Å². The fourth-order valence-corrected chi connectivity index (χ4v) is 4.04. The van der Waals surface area contributed by atoms with Crippen molar-refractivity contribution in [3.63, 3.8) is 0 Å². The number of carbonyl (C=O) groups is 1. The Hall–Kier alpha value is -0.330. The number of carbonyl (C=O) groups excluding carboxylic acids is 1. The quantitative estimate of drug-likeness (QED) is 0.718. The molecule has 0 saturated carbocycles. The monoisotopic (exact) mass is 322 g/mol. The molecule has 2 fully saturated rings. The van der Waals surface area contributed by atoms with Gasteiger partial charge in [0.15, 0.2) is 0 Å². The molecule has 1 unspecified atom stereocenters. The van der Waals surface area contributed by atoms with Crippen LogP contribution in [0.25, 0.3) is 0 Å². The standard InChI is InChI=1S/C13H23ClN2O3S/c14-20(18,19)12-10-13(17)16(11-12)9-5-8-15-6-3-1-2-4-7-15/h12H,1-11H2. The summed E-state index contributed by atoms with van der Waals surface area (Å²) >= 11 is 0. The van der Waals surface area contributed by atoms with E-state index >= 15 is 0 Å². The minimum absolute atomic E-state index is 0.0372. The highest BCUT2D eigenvalue weighted by atomic mass is 35.7. The first kappa shape index (κ1) is 16.0. The number of halogens is 1. The fraction of sp³-hybridized carbons (Fsp3) is 0.923. The molecular formula is C13H23ClN2O3S. The smallest absolute Gasteiger partial charge is 0.237 e. The molecule has 2 aliphatic rings.